The minimum Gasteiger partial charge on any atom is -0.494 e. The van der Waals surface area contributed by atoms with Crippen LogP contribution >= 0.6 is 0 Å². The topological polar surface area (TPSA) is 67.9 Å². The highest BCUT2D eigenvalue weighted by atomic mass is 16.5. The standard InChI is InChI=1S/C21H24N2O4/c1-3-26-18-9-5-15(6-10-18)21(25)22-16-13-20(24)23(14-16)17-7-11-19(12-8-17)27-4-2/h5-12,16H,3-4,13-14H2,1-2H3,(H,22,25). The molecule has 0 aromatic heterocycles. The third kappa shape index (κ3) is 4.58. The fraction of sp³-hybridized carbons (Fsp3) is 0.333. The average Bonchev–Trinajstić information content (AvgIpc) is 3.03. The van der Waals surface area contributed by atoms with E-state index in [1.807, 2.05) is 38.1 Å². The molecule has 142 valence electrons. The maximum atomic E-state index is 12.4. The Morgan fingerprint density at radius 3 is 2.11 bits per heavy atom. The number of nitrogens with zero attached hydrogens (tertiary/aromatic N) is 1. The lowest BCUT2D eigenvalue weighted by Crippen LogP contribution is -2.37. The van der Waals surface area contributed by atoms with Gasteiger partial charge in [0.15, 0.2) is 0 Å². The molecule has 3 rings (SSSR count). The van der Waals surface area contributed by atoms with Gasteiger partial charge in [0, 0.05) is 24.2 Å². The van der Waals surface area contributed by atoms with E-state index in [9.17, 15) is 9.59 Å². The zero-order valence-corrected chi connectivity index (χ0v) is 15.6. The van der Waals surface area contributed by atoms with Crippen LogP contribution in [0.2, 0.25) is 0 Å². The van der Waals surface area contributed by atoms with E-state index in [-0.39, 0.29) is 24.3 Å². The molecule has 6 heteroatoms. The molecule has 1 fully saturated rings. The van der Waals surface area contributed by atoms with Gasteiger partial charge in [0.1, 0.15) is 11.5 Å². The van der Waals surface area contributed by atoms with Crippen LogP contribution in [0.3, 0.4) is 0 Å². The Hall–Kier alpha value is -3.02. The van der Waals surface area contributed by atoms with Crippen LogP contribution in [0.4, 0.5) is 5.69 Å². The lowest BCUT2D eigenvalue weighted by Gasteiger charge is -2.18. The highest BCUT2D eigenvalue weighted by Gasteiger charge is 2.31. The van der Waals surface area contributed by atoms with Crippen LogP contribution < -0.4 is 19.7 Å². The van der Waals surface area contributed by atoms with Gasteiger partial charge in [-0.05, 0) is 62.4 Å². The molecular formula is C21H24N2O4. The molecule has 1 aliphatic heterocycles. The van der Waals surface area contributed by atoms with Gasteiger partial charge in [-0.1, -0.05) is 0 Å². The van der Waals surface area contributed by atoms with Crippen molar-refractivity contribution in [2.24, 2.45) is 0 Å². The Bertz CT molecular complexity index is 787. The van der Waals surface area contributed by atoms with E-state index in [0.717, 1.165) is 17.2 Å². The highest BCUT2D eigenvalue weighted by molar-refractivity contribution is 5.99. The van der Waals surface area contributed by atoms with Crippen molar-refractivity contribution in [1.29, 1.82) is 0 Å². The van der Waals surface area contributed by atoms with Crippen LogP contribution in [-0.4, -0.2) is 37.6 Å². The fourth-order valence-electron chi connectivity index (χ4n) is 3.08. The Kier molecular flexibility index (Phi) is 5.96. The second kappa shape index (κ2) is 8.58. The van der Waals surface area contributed by atoms with Crippen LogP contribution in [0.25, 0.3) is 0 Å². The van der Waals surface area contributed by atoms with E-state index < -0.39 is 0 Å². The van der Waals surface area contributed by atoms with Crippen molar-refractivity contribution in [2.75, 3.05) is 24.7 Å². The number of benzene rings is 2. The van der Waals surface area contributed by atoms with Gasteiger partial charge in [-0.25, -0.2) is 0 Å². The molecule has 2 amide bonds. The number of nitrogens with one attached hydrogen (secondary N) is 1. The molecule has 1 aliphatic rings. The third-order valence-electron chi connectivity index (χ3n) is 4.35. The maximum Gasteiger partial charge on any atom is 0.251 e. The maximum absolute atomic E-state index is 12.4. The summed E-state index contributed by atoms with van der Waals surface area (Å²) < 4.78 is 10.8. The monoisotopic (exact) mass is 368 g/mol. The Morgan fingerprint density at radius 2 is 1.56 bits per heavy atom. The smallest absolute Gasteiger partial charge is 0.251 e. The molecule has 0 saturated carbocycles. The summed E-state index contributed by atoms with van der Waals surface area (Å²) in [6.45, 7) is 5.47. The van der Waals surface area contributed by atoms with E-state index in [2.05, 4.69) is 5.32 Å². The van der Waals surface area contributed by atoms with Crippen molar-refractivity contribution in [3.05, 3.63) is 54.1 Å². The number of anilines is 1. The SMILES string of the molecule is CCOc1ccc(C(=O)NC2CC(=O)N(c3ccc(OCC)cc3)C2)cc1. The van der Waals surface area contributed by atoms with Crippen molar-refractivity contribution in [1.82, 2.24) is 5.32 Å². The summed E-state index contributed by atoms with van der Waals surface area (Å²) in [4.78, 5) is 26.5. The molecule has 1 atom stereocenters. The van der Waals surface area contributed by atoms with Crippen molar-refractivity contribution < 1.29 is 19.1 Å². The third-order valence-corrected chi connectivity index (χ3v) is 4.35. The van der Waals surface area contributed by atoms with Gasteiger partial charge >= 0.3 is 0 Å². The Balaban J connectivity index is 1.60. The first-order valence-corrected chi connectivity index (χ1v) is 9.17. The van der Waals surface area contributed by atoms with Gasteiger partial charge in [0.25, 0.3) is 5.91 Å². The van der Waals surface area contributed by atoms with Crippen molar-refractivity contribution in [3.8, 4) is 11.5 Å². The van der Waals surface area contributed by atoms with E-state index in [1.165, 1.54) is 0 Å². The van der Waals surface area contributed by atoms with Gasteiger partial charge < -0.3 is 19.7 Å². The minimum atomic E-state index is -0.219. The van der Waals surface area contributed by atoms with Crippen LogP contribution in [-0.2, 0) is 4.79 Å². The van der Waals surface area contributed by atoms with E-state index in [1.54, 1.807) is 29.2 Å². The van der Waals surface area contributed by atoms with E-state index in [0.29, 0.717) is 25.3 Å². The molecule has 1 unspecified atom stereocenters. The number of rotatable bonds is 7. The summed E-state index contributed by atoms with van der Waals surface area (Å²) >= 11 is 0. The number of hydrogen-bond acceptors (Lipinski definition) is 4. The van der Waals surface area contributed by atoms with Gasteiger partial charge in [-0.2, -0.15) is 0 Å². The normalized spacial score (nSPS) is 16.3. The predicted molar refractivity (Wildman–Crippen MR) is 103 cm³/mol. The summed E-state index contributed by atoms with van der Waals surface area (Å²) in [7, 11) is 0. The summed E-state index contributed by atoms with van der Waals surface area (Å²) in [5, 5.41) is 2.94. The Morgan fingerprint density at radius 1 is 1.00 bits per heavy atom. The molecule has 0 bridgehead atoms. The summed E-state index contributed by atoms with van der Waals surface area (Å²) in [5.41, 5.74) is 1.35. The highest BCUT2D eigenvalue weighted by Crippen LogP contribution is 2.24. The molecule has 1 N–H and O–H groups in total. The van der Waals surface area contributed by atoms with E-state index in [4.69, 9.17) is 9.47 Å². The quantitative estimate of drug-likeness (QED) is 0.816. The van der Waals surface area contributed by atoms with Crippen molar-refractivity contribution in [3.63, 3.8) is 0 Å². The summed E-state index contributed by atoms with van der Waals surface area (Å²) in [6.07, 6.45) is 0.288. The number of carbonyl (C=O) groups excluding carboxylic acids is 2. The molecule has 2 aromatic rings. The summed E-state index contributed by atoms with van der Waals surface area (Å²) in [6, 6.07) is 14.2. The van der Waals surface area contributed by atoms with Gasteiger partial charge in [0.2, 0.25) is 5.91 Å². The van der Waals surface area contributed by atoms with Gasteiger partial charge in [-0.15, -0.1) is 0 Å². The largest absolute Gasteiger partial charge is 0.494 e. The average molecular weight is 368 g/mol. The molecule has 2 aromatic carbocycles. The molecule has 0 spiro atoms. The lowest BCUT2D eigenvalue weighted by molar-refractivity contribution is -0.117. The first kappa shape index (κ1) is 18.8. The first-order chi connectivity index (χ1) is 13.1. The molecule has 6 nitrogen and oxygen atoms in total. The lowest BCUT2D eigenvalue weighted by atomic mass is 10.2. The predicted octanol–water partition coefficient (Wildman–Crippen LogP) is 3.02. The van der Waals surface area contributed by atoms with Crippen LogP contribution in [0.1, 0.15) is 30.6 Å². The molecule has 1 heterocycles. The van der Waals surface area contributed by atoms with Crippen molar-refractivity contribution >= 4 is 17.5 Å². The molecule has 27 heavy (non-hydrogen) atoms. The molecule has 0 aliphatic carbocycles. The molecule has 1 saturated heterocycles. The zero-order valence-electron chi connectivity index (χ0n) is 15.6. The van der Waals surface area contributed by atoms with Gasteiger partial charge in [-0.3, -0.25) is 9.59 Å². The van der Waals surface area contributed by atoms with Crippen molar-refractivity contribution in [2.45, 2.75) is 26.3 Å². The first-order valence-electron chi connectivity index (χ1n) is 9.17. The molecule has 0 radical (unpaired) electrons. The number of ether oxygens (including phenoxy) is 2. The molecular weight excluding hydrogens is 344 g/mol. The zero-order chi connectivity index (χ0) is 19.2. The minimum absolute atomic E-state index is 0.00356. The van der Waals surface area contributed by atoms with E-state index >= 15 is 0 Å². The summed E-state index contributed by atoms with van der Waals surface area (Å²) in [5.74, 6) is 1.31. The number of carbonyl (C=O) groups is 2. The van der Waals surface area contributed by atoms with Gasteiger partial charge in [0.05, 0.1) is 19.3 Å². The fourth-order valence-corrected chi connectivity index (χ4v) is 3.08. The number of hydrogen-bond donors (Lipinski definition) is 1. The Labute approximate surface area is 159 Å². The second-order valence-electron chi connectivity index (χ2n) is 6.26. The van der Waals surface area contributed by atoms with Crippen LogP contribution in [0, 0.1) is 0 Å². The second-order valence-corrected chi connectivity index (χ2v) is 6.26. The van der Waals surface area contributed by atoms with Crippen LogP contribution in [0.15, 0.2) is 48.5 Å². The number of amides is 2. The van der Waals surface area contributed by atoms with Crippen LogP contribution in [0.5, 0.6) is 11.5 Å².